The molecule has 0 saturated carbocycles. The van der Waals surface area contributed by atoms with Crippen LogP contribution in [0.4, 0.5) is 0 Å². The van der Waals surface area contributed by atoms with Crippen molar-refractivity contribution >= 4 is 10.0 Å². The van der Waals surface area contributed by atoms with Crippen LogP contribution < -0.4 is 4.72 Å². The van der Waals surface area contributed by atoms with Crippen molar-refractivity contribution in [3.63, 3.8) is 0 Å². The minimum absolute atomic E-state index is 0.0356. The first-order valence-electron chi connectivity index (χ1n) is 5.70. The van der Waals surface area contributed by atoms with Crippen LogP contribution in [0.15, 0.2) is 53.7 Å². The zero-order valence-corrected chi connectivity index (χ0v) is 11.1. The lowest BCUT2D eigenvalue weighted by Gasteiger charge is -2.14. The maximum absolute atomic E-state index is 12.1. The standard InChI is InChI=1S/C13H14N2O3S/c1-10(11-5-7-14-8-6-11)15-19(17,18)13-4-2-3-12(16)9-13/h2-10,15-16H,1H3. The highest BCUT2D eigenvalue weighted by molar-refractivity contribution is 7.89. The summed E-state index contributed by atoms with van der Waals surface area (Å²) in [6.45, 7) is 1.75. The summed E-state index contributed by atoms with van der Waals surface area (Å²) in [4.78, 5) is 3.92. The minimum Gasteiger partial charge on any atom is -0.508 e. The number of aromatic hydroxyl groups is 1. The number of hydrogen-bond acceptors (Lipinski definition) is 4. The second-order valence-corrected chi connectivity index (χ2v) is 5.83. The first kappa shape index (κ1) is 13.5. The van der Waals surface area contributed by atoms with Crippen LogP contribution in [0.2, 0.25) is 0 Å². The molecule has 2 rings (SSSR count). The lowest BCUT2D eigenvalue weighted by atomic mass is 10.1. The lowest BCUT2D eigenvalue weighted by molar-refractivity contribution is 0.473. The predicted octanol–water partition coefficient (Wildman–Crippen LogP) is 1.83. The summed E-state index contributed by atoms with van der Waals surface area (Å²) in [5.74, 6) is -0.0839. The molecule has 19 heavy (non-hydrogen) atoms. The van der Waals surface area contributed by atoms with E-state index in [0.29, 0.717) is 0 Å². The molecule has 6 heteroatoms. The number of phenolic OH excluding ortho intramolecular Hbond substituents is 1. The summed E-state index contributed by atoms with van der Waals surface area (Å²) in [6.07, 6.45) is 3.21. The van der Waals surface area contributed by atoms with Crippen molar-refractivity contribution in [2.24, 2.45) is 0 Å². The minimum atomic E-state index is -3.66. The van der Waals surface area contributed by atoms with E-state index in [1.807, 2.05) is 0 Å². The molecule has 5 nitrogen and oxygen atoms in total. The number of aromatic nitrogens is 1. The fourth-order valence-electron chi connectivity index (χ4n) is 1.67. The third kappa shape index (κ3) is 3.30. The van der Waals surface area contributed by atoms with Gasteiger partial charge < -0.3 is 5.11 Å². The largest absolute Gasteiger partial charge is 0.508 e. The highest BCUT2D eigenvalue weighted by atomic mass is 32.2. The molecule has 0 aliphatic carbocycles. The Morgan fingerprint density at radius 2 is 1.89 bits per heavy atom. The van der Waals surface area contributed by atoms with Crippen molar-refractivity contribution in [3.05, 3.63) is 54.4 Å². The molecule has 1 heterocycles. The number of benzene rings is 1. The molecule has 2 aromatic rings. The number of sulfonamides is 1. The Labute approximate surface area is 112 Å². The molecule has 0 bridgehead atoms. The van der Waals surface area contributed by atoms with Gasteiger partial charge in [0.15, 0.2) is 0 Å². The number of nitrogens with zero attached hydrogens (tertiary/aromatic N) is 1. The summed E-state index contributed by atoms with van der Waals surface area (Å²) in [5, 5.41) is 9.33. The van der Waals surface area contributed by atoms with Crippen molar-refractivity contribution in [1.29, 1.82) is 0 Å². The van der Waals surface area contributed by atoms with Crippen molar-refractivity contribution in [2.75, 3.05) is 0 Å². The average Bonchev–Trinajstić information content (AvgIpc) is 2.39. The van der Waals surface area contributed by atoms with Gasteiger partial charge in [-0.1, -0.05) is 6.07 Å². The van der Waals surface area contributed by atoms with Gasteiger partial charge in [-0.15, -0.1) is 0 Å². The van der Waals surface area contributed by atoms with E-state index in [1.165, 1.54) is 24.3 Å². The first-order valence-corrected chi connectivity index (χ1v) is 7.18. The van der Waals surface area contributed by atoms with Crippen LogP contribution in [0.5, 0.6) is 5.75 Å². The monoisotopic (exact) mass is 278 g/mol. The molecule has 1 aromatic heterocycles. The fraction of sp³-hybridized carbons (Fsp3) is 0.154. The molecule has 0 aliphatic rings. The van der Waals surface area contributed by atoms with Crippen LogP contribution in [-0.2, 0) is 10.0 Å². The third-order valence-electron chi connectivity index (χ3n) is 2.67. The van der Waals surface area contributed by atoms with Crippen LogP contribution in [0.3, 0.4) is 0 Å². The Balaban J connectivity index is 2.23. The topological polar surface area (TPSA) is 79.3 Å². The van der Waals surface area contributed by atoms with E-state index < -0.39 is 10.0 Å². The summed E-state index contributed by atoms with van der Waals surface area (Å²) in [6, 6.07) is 8.66. The van der Waals surface area contributed by atoms with Crippen LogP contribution in [0, 0.1) is 0 Å². The highest BCUT2D eigenvalue weighted by Crippen LogP contribution is 2.19. The maximum Gasteiger partial charge on any atom is 0.241 e. The SMILES string of the molecule is CC(NS(=O)(=O)c1cccc(O)c1)c1ccncc1. The van der Waals surface area contributed by atoms with Crippen molar-refractivity contribution in [3.8, 4) is 5.75 Å². The second kappa shape index (κ2) is 5.38. The van der Waals surface area contributed by atoms with Crippen molar-refractivity contribution in [2.45, 2.75) is 17.9 Å². The van der Waals surface area contributed by atoms with Gasteiger partial charge in [0.05, 0.1) is 4.90 Å². The summed E-state index contributed by atoms with van der Waals surface area (Å²) in [5.41, 5.74) is 0.818. The average molecular weight is 278 g/mol. The van der Waals surface area contributed by atoms with Crippen molar-refractivity contribution < 1.29 is 13.5 Å². The lowest BCUT2D eigenvalue weighted by Crippen LogP contribution is -2.26. The fourth-order valence-corrected chi connectivity index (χ4v) is 2.94. The molecular weight excluding hydrogens is 264 g/mol. The molecule has 2 N–H and O–H groups in total. The molecule has 0 fully saturated rings. The molecule has 1 unspecified atom stereocenters. The van der Waals surface area contributed by atoms with Gasteiger partial charge >= 0.3 is 0 Å². The van der Waals surface area contributed by atoms with E-state index in [-0.39, 0.29) is 16.7 Å². The van der Waals surface area contributed by atoms with Gasteiger partial charge in [-0.3, -0.25) is 4.98 Å². The smallest absolute Gasteiger partial charge is 0.241 e. The van der Waals surface area contributed by atoms with E-state index in [1.54, 1.807) is 31.5 Å². The van der Waals surface area contributed by atoms with Crippen LogP contribution in [0.25, 0.3) is 0 Å². The number of hydrogen-bond donors (Lipinski definition) is 2. The predicted molar refractivity (Wildman–Crippen MR) is 71.1 cm³/mol. The van der Waals surface area contributed by atoms with Crippen LogP contribution in [-0.4, -0.2) is 18.5 Å². The van der Waals surface area contributed by atoms with Crippen LogP contribution >= 0.6 is 0 Å². The Kier molecular flexibility index (Phi) is 3.82. The molecular formula is C13H14N2O3S. The summed E-state index contributed by atoms with van der Waals surface area (Å²) < 4.78 is 26.8. The van der Waals surface area contributed by atoms with Crippen molar-refractivity contribution in [1.82, 2.24) is 9.71 Å². The third-order valence-corrected chi connectivity index (χ3v) is 4.20. The second-order valence-electron chi connectivity index (χ2n) is 4.12. The molecule has 0 spiro atoms. The van der Waals surface area contributed by atoms with E-state index >= 15 is 0 Å². The van der Waals surface area contributed by atoms with E-state index in [9.17, 15) is 13.5 Å². The Bertz CT molecular complexity index is 657. The van der Waals surface area contributed by atoms with E-state index in [0.717, 1.165) is 5.56 Å². The Morgan fingerprint density at radius 3 is 2.53 bits per heavy atom. The molecule has 1 atom stereocenters. The number of pyridine rings is 1. The van der Waals surface area contributed by atoms with Gasteiger partial charge in [0, 0.05) is 18.4 Å². The van der Waals surface area contributed by atoms with E-state index in [4.69, 9.17) is 0 Å². The maximum atomic E-state index is 12.1. The van der Waals surface area contributed by atoms with Gasteiger partial charge in [-0.25, -0.2) is 13.1 Å². The summed E-state index contributed by atoms with van der Waals surface area (Å²) >= 11 is 0. The van der Waals surface area contributed by atoms with Gasteiger partial charge in [0.1, 0.15) is 5.75 Å². The zero-order valence-electron chi connectivity index (χ0n) is 10.3. The first-order chi connectivity index (χ1) is 8.99. The molecule has 0 aliphatic heterocycles. The molecule has 0 saturated heterocycles. The van der Waals surface area contributed by atoms with Gasteiger partial charge in [0.2, 0.25) is 10.0 Å². The highest BCUT2D eigenvalue weighted by Gasteiger charge is 2.18. The van der Waals surface area contributed by atoms with Gasteiger partial charge in [-0.05, 0) is 42.8 Å². The number of rotatable bonds is 4. The Hall–Kier alpha value is -1.92. The van der Waals surface area contributed by atoms with Crippen LogP contribution in [0.1, 0.15) is 18.5 Å². The van der Waals surface area contributed by atoms with E-state index in [2.05, 4.69) is 9.71 Å². The number of phenols is 1. The normalized spacial score (nSPS) is 13.1. The molecule has 1 aromatic carbocycles. The molecule has 0 amide bonds. The molecule has 100 valence electrons. The van der Waals surface area contributed by atoms with Gasteiger partial charge in [-0.2, -0.15) is 0 Å². The summed E-state index contributed by atoms with van der Waals surface area (Å²) in [7, 11) is -3.66. The zero-order chi connectivity index (χ0) is 13.9. The molecule has 0 radical (unpaired) electrons. The quantitative estimate of drug-likeness (QED) is 0.894. The Morgan fingerprint density at radius 1 is 1.21 bits per heavy atom. The van der Waals surface area contributed by atoms with Gasteiger partial charge in [0.25, 0.3) is 0 Å². The number of nitrogens with one attached hydrogen (secondary N) is 1.